The maximum atomic E-state index is 11.8. The molecule has 1 aromatic carbocycles. The summed E-state index contributed by atoms with van der Waals surface area (Å²) in [6.07, 6.45) is 3.54. The number of unbranched alkanes of at least 4 members (excludes halogenated alkanes) is 2. The third-order valence-corrected chi connectivity index (χ3v) is 2.83. The summed E-state index contributed by atoms with van der Waals surface area (Å²) in [4.78, 5) is 11.8. The largest absolute Gasteiger partial charge is 0.397 e. The number of carbonyl (C=O) groups excluding carboxylic acids is 1. The van der Waals surface area contributed by atoms with E-state index in [0.29, 0.717) is 11.3 Å². The highest BCUT2D eigenvalue weighted by atomic mass is 16.1. The van der Waals surface area contributed by atoms with Crippen LogP contribution < -0.4 is 16.4 Å². The molecule has 4 N–H and O–H groups in total. The third kappa shape index (κ3) is 5.20. The van der Waals surface area contributed by atoms with Crippen LogP contribution in [0.2, 0.25) is 0 Å². The lowest BCUT2D eigenvalue weighted by Crippen LogP contribution is -2.30. The Morgan fingerprint density at radius 2 is 2.05 bits per heavy atom. The van der Waals surface area contributed by atoms with E-state index in [1.807, 2.05) is 19.9 Å². The molecule has 1 rings (SSSR count). The fourth-order valence-electron chi connectivity index (χ4n) is 1.81. The second kappa shape index (κ2) is 7.67. The first-order chi connectivity index (χ1) is 9.04. The molecule has 0 aliphatic carbocycles. The average Bonchev–Trinajstić information content (AvgIpc) is 2.35. The first-order valence-corrected chi connectivity index (χ1v) is 6.98. The normalized spacial score (nSPS) is 10.5. The van der Waals surface area contributed by atoms with Gasteiger partial charge in [-0.05, 0) is 38.5 Å². The van der Waals surface area contributed by atoms with Crippen LogP contribution in [0.1, 0.15) is 50.4 Å². The summed E-state index contributed by atoms with van der Waals surface area (Å²) in [5, 5.41) is 6.15. The molecule has 1 amide bonds. The van der Waals surface area contributed by atoms with Crippen LogP contribution in [0.25, 0.3) is 0 Å². The third-order valence-electron chi connectivity index (χ3n) is 2.83. The highest BCUT2D eigenvalue weighted by Gasteiger charge is 2.08. The molecule has 19 heavy (non-hydrogen) atoms. The molecule has 0 saturated carbocycles. The Morgan fingerprint density at radius 3 is 2.63 bits per heavy atom. The van der Waals surface area contributed by atoms with E-state index in [9.17, 15) is 4.79 Å². The van der Waals surface area contributed by atoms with Crippen molar-refractivity contribution in [2.75, 3.05) is 17.6 Å². The molecule has 0 bridgehead atoms. The average molecular weight is 263 g/mol. The summed E-state index contributed by atoms with van der Waals surface area (Å²) >= 11 is 0. The highest BCUT2D eigenvalue weighted by Crippen LogP contribution is 2.20. The van der Waals surface area contributed by atoms with Crippen molar-refractivity contribution in [1.82, 2.24) is 5.32 Å². The van der Waals surface area contributed by atoms with Crippen LogP contribution in [-0.2, 0) is 0 Å². The number of hydrogen-bond donors (Lipinski definition) is 3. The van der Waals surface area contributed by atoms with Crippen LogP contribution in [-0.4, -0.2) is 18.5 Å². The molecule has 106 valence electrons. The number of carbonyl (C=O) groups is 1. The Morgan fingerprint density at radius 1 is 1.32 bits per heavy atom. The monoisotopic (exact) mass is 263 g/mol. The van der Waals surface area contributed by atoms with E-state index >= 15 is 0 Å². The molecule has 0 aliphatic heterocycles. The summed E-state index contributed by atoms with van der Waals surface area (Å²) in [6.45, 7) is 6.96. The molecule has 4 nitrogen and oxygen atoms in total. The van der Waals surface area contributed by atoms with E-state index in [-0.39, 0.29) is 11.9 Å². The van der Waals surface area contributed by atoms with Gasteiger partial charge in [-0.1, -0.05) is 19.8 Å². The van der Waals surface area contributed by atoms with Crippen molar-refractivity contribution in [3.05, 3.63) is 23.8 Å². The van der Waals surface area contributed by atoms with Crippen LogP contribution in [0.4, 0.5) is 11.4 Å². The van der Waals surface area contributed by atoms with Gasteiger partial charge in [-0.15, -0.1) is 0 Å². The van der Waals surface area contributed by atoms with Crippen molar-refractivity contribution < 1.29 is 4.79 Å². The molecular weight excluding hydrogens is 238 g/mol. The van der Waals surface area contributed by atoms with Gasteiger partial charge in [0.25, 0.3) is 5.91 Å². The fourth-order valence-corrected chi connectivity index (χ4v) is 1.81. The number of nitrogens with one attached hydrogen (secondary N) is 2. The van der Waals surface area contributed by atoms with E-state index < -0.39 is 0 Å². The second-order valence-electron chi connectivity index (χ2n) is 5.06. The Balaban J connectivity index is 2.61. The maximum Gasteiger partial charge on any atom is 0.251 e. The lowest BCUT2D eigenvalue weighted by molar-refractivity contribution is 0.0943. The molecule has 0 aliphatic rings. The van der Waals surface area contributed by atoms with E-state index in [1.54, 1.807) is 12.1 Å². The zero-order chi connectivity index (χ0) is 14.3. The Bertz CT molecular complexity index is 416. The number of benzene rings is 1. The summed E-state index contributed by atoms with van der Waals surface area (Å²) in [7, 11) is 0. The molecule has 0 saturated heterocycles. The van der Waals surface area contributed by atoms with Crippen LogP contribution in [0, 0.1) is 0 Å². The van der Waals surface area contributed by atoms with Crippen LogP contribution in [0.15, 0.2) is 18.2 Å². The molecule has 0 spiro atoms. The van der Waals surface area contributed by atoms with Crippen molar-refractivity contribution in [2.45, 2.75) is 46.1 Å². The van der Waals surface area contributed by atoms with Gasteiger partial charge in [0, 0.05) is 18.2 Å². The van der Waals surface area contributed by atoms with Crippen LogP contribution >= 0.6 is 0 Å². The number of hydrogen-bond acceptors (Lipinski definition) is 3. The van der Waals surface area contributed by atoms with Gasteiger partial charge < -0.3 is 16.4 Å². The van der Waals surface area contributed by atoms with Gasteiger partial charge in [0.15, 0.2) is 0 Å². The molecule has 4 heteroatoms. The fraction of sp³-hybridized carbons (Fsp3) is 0.533. The Hall–Kier alpha value is -1.71. The SMILES string of the molecule is CCCCCNc1ccc(C(=O)NC(C)C)cc1N. The van der Waals surface area contributed by atoms with Gasteiger partial charge in [0.05, 0.1) is 11.4 Å². The summed E-state index contributed by atoms with van der Waals surface area (Å²) in [5.41, 5.74) is 8.08. The summed E-state index contributed by atoms with van der Waals surface area (Å²) < 4.78 is 0. The first-order valence-electron chi connectivity index (χ1n) is 6.98. The summed E-state index contributed by atoms with van der Waals surface area (Å²) in [5.74, 6) is -0.0840. The topological polar surface area (TPSA) is 67.2 Å². The standard InChI is InChI=1S/C15H25N3O/c1-4-5-6-9-17-14-8-7-12(10-13(14)16)15(19)18-11(2)3/h7-8,10-11,17H,4-6,9,16H2,1-3H3,(H,18,19). The maximum absolute atomic E-state index is 11.8. The minimum Gasteiger partial charge on any atom is -0.397 e. The predicted molar refractivity (Wildman–Crippen MR) is 81.5 cm³/mol. The number of anilines is 2. The molecular formula is C15H25N3O. The zero-order valence-corrected chi connectivity index (χ0v) is 12.1. The minimum absolute atomic E-state index is 0.0840. The lowest BCUT2D eigenvalue weighted by Gasteiger charge is -2.12. The lowest BCUT2D eigenvalue weighted by atomic mass is 10.1. The van der Waals surface area contributed by atoms with Gasteiger partial charge in [0.1, 0.15) is 0 Å². The Labute approximate surface area is 115 Å². The van der Waals surface area contributed by atoms with Gasteiger partial charge in [-0.2, -0.15) is 0 Å². The molecule has 0 fully saturated rings. The number of amides is 1. The smallest absolute Gasteiger partial charge is 0.251 e. The molecule has 0 radical (unpaired) electrons. The molecule has 1 aromatic rings. The molecule has 0 aromatic heterocycles. The van der Waals surface area contributed by atoms with E-state index in [1.165, 1.54) is 12.8 Å². The molecule has 0 atom stereocenters. The number of rotatable bonds is 7. The van der Waals surface area contributed by atoms with E-state index in [4.69, 9.17) is 5.73 Å². The van der Waals surface area contributed by atoms with Gasteiger partial charge in [-0.3, -0.25) is 4.79 Å². The quantitative estimate of drug-likeness (QED) is 0.523. The van der Waals surface area contributed by atoms with Crippen molar-refractivity contribution in [3.8, 4) is 0 Å². The van der Waals surface area contributed by atoms with Crippen molar-refractivity contribution >= 4 is 17.3 Å². The molecule has 0 unspecified atom stereocenters. The predicted octanol–water partition coefficient (Wildman–Crippen LogP) is 3.01. The van der Waals surface area contributed by atoms with Crippen LogP contribution in [0.5, 0.6) is 0 Å². The minimum atomic E-state index is -0.0840. The van der Waals surface area contributed by atoms with Crippen molar-refractivity contribution in [3.63, 3.8) is 0 Å². The highest BCUT2D eigenvalue weighted by molar-refractivity contribution is 5.96. The van der Waals surface area contributed by atoms with Crippen molar-refractivity contribution in [1.29, 1.82) is 0 Å². The van der Waals surface area contributed by atoms with Gasteiger partial charge in [-0.25, -0.2) is 0 Å². The van der Waals surface area contributed by atoms with E-state index in [2.05, 4.69) is 17.6 Å². The first kappa shape index (κ1) is 15.3. The zero-order valence-electron chi connectivity index (χ0n) is 12.1. The summed E-state index contributed by atoms with van der Waals surface area (Å²) in [6, 6.07) is 5.52. The van der Waals surface area contributed by atoms with E-state index in [0.717, 1.165) is 18.7 Å². The van der Waals surface area contributed by atoms with Crippen LogP contribution in [0.3, 0.4) is 0 Å². The molecule has 0 heterocycles. The second-order valence-corrected chi connectivity index (χ2v) is 5.06. The van der Waals surface area contributed by atoms with Gasteiger partial charge >= 0.3 is 0 Å². The van der Waals surface area contributed by atoms with Gasteiger partial charge in [0.2, 0.25) is 0 Å². The van der Waals surface area contributed by atoms with Crippen molar-refractivity contribution in [2.24, 2.45) is 0 Å². The number of nitrogen functional groups attached to an aromatic ring is 1. The Kier molecular flexibility index (Phi) is 6.19. The number of nitrogens with two attached hydrogens (primary N) is 1.